The van der Waals surface area contributed by atoms with E-state index < -0.39 is 5.97 Å². The van der Waals surface area contributed by atoms with E-state index in [0.717, 1.165) is 24.1 Å². The number of aromatic nitrogens is 3. The first-order valence-corrected chi connectivity index (χ1v) is 12.0. The van der Waals surface area contributed by atoms with Crippen LogP contribution in [-0.4, -0.2) is 87.0 Å². The number of carboxylic acids is 1. The van der Waals surface area contributed by atoms with Crippen LogP contribution in [0.3, 0.4) is 0 Å². The predicted octanol–water partition coefficient (Wildman–Crippen LogP) is 1.50. The summed E-state index contributed by atoms with van der Waals surface area (Å²) in [6, 6.07) is 10.6. The molecule has 36 heavy (non-hydrogen) atoms. The maximum atomic E-state index is 13.0. The molecule has 1 aliphatic heterocycles. The number of nitrogens with one attached hydrogen (secondary N) is 1. The lowest BCUT2D eigenvalue weighted by Gasteiger charge is -2.22. The van der Waals surface area contributed by atoms with Crippen molar-refractivity contribution in [2.75, 3.05) is 39.3 Å². The van der Waals surface area contributed by atoms with Gasteiger partial charge in [0.2, 0.25) is 17.6 Å². The molecule has 11 nitrogen and oxygen atoms in total. The third kappa shape index (κ3) is 6.57. The molecular weight excluding hydrogens is 464 g/mol. The zero-order chi connectivity index (χ0) is 25.5. The Morgan fingerprint density at radius 3 is 2.75 bits per heavy atom. The van der Waals surface area contributed by atoms with Gasteiger partial charge >= 0.3 is 5.97 Å². The van der Waals surface area contributed by atoms with Crippen molar-refractivity contribution in [1.29, 1.82) is 0 Å². The van der Waals surface area contributed by atoms with E-state index in [1.54, 1.807) is 16.9 Å². The molecule has 2 N–H and O–H groups in total. The Morgan fingerprint density at radius 2 is 1.97 bits per heavy atom. The molecule has 190 valence electrons. The average Bonchev–Trinajstić information content (AvgIpc) is 3.45. The number of carbonyl (C=O) groups is 3. The third-order valence-electron chi connectivity index (χ3n) is 5.99. The Bertz CT molecular complexity index is 1220. The van der Waals surface area contributed by atoms with E-state index in [1.165, 1.54) is 6.07 Å². The quantitative estimate of drug-likeness (QED) is 0.457. The van der Waals surface area contributed by atoms with Gasteiger partial charge in [-0.05, 0) is 37.1 Å². The number of hydrogen-bond donors (Lipinski definition) is 2. The fraction of sp³-hybridized carbons (Fsp3) is 0.400. The van der Waals surface area contributed by atoms with E-state index >= 15 is 0 Å². The van der Waals surface area contributed by atoms with Crippen molar-refractivity contribution < 1.29 is 23.9 Å². The summed E-state index contributed by atoms with van der Waals surface area (Å²) in [5.74, 6) is -0.710. The van der Waals surface area contributed by atoms with Crippen LogP contribution in [0.4, 0.5) is 0 Å². The van der Waals surface area contributed by atoms with Gasteiger partial charge in [-0.15, -0.1) is 5.10 Å². The summed E-state index contributed by atoms with van der Waals surface area (Å²) in [7, 11) is 0. The number of likely N-dealkylation sites (N-methyl/N-ethyl adjacent to an activating group) is 1. The highest BCUT2D eigenvalue weighted by Gasteiger charge is 2.21. The third-order valence-corrected chi connectivity index (χ3v) is 5.99. The highest BCUT2D eigenvalue weighted by molar-refractivity contribution is 5.84. The summed E-state index contributed by atoms with van der Waals surface area (Å²) in [6.45, 7) is 5.88. The molecule has 0 unspecified atom stereocenters. The number of nitrogens with zero attached hydrogens (tertiary/aromatic N) is 5. The molecule has 1 aromatic carbocycles. The number of amides is 2. The van der Waals surface area contributed by atoms with E-state index in [0.29, 0.717) is 44.2 Å². The summed E-state index contributed by atoms with van der Waals surface area (Å²) >= 11 is 0. The minimum Gasteiger partial charge on any atom is -0.475 e. The van der Waals surface area contributed by atoms with Gasteiger partial charge in [0.05, 0.1) is 19.2 Å². The lowest BCUT2D eigenvalue weighted by molar-refractivity contribution is -0.130. The van der Waals surface area contributed by atoms with Gasteiger partial charge in [-0.3, -0.25) is 14.5 Å². The zero-order valence-electron chi connectivity index (χ0n) is 20.2. The van der Waals surface area contributed by atoms with Crippen molar-refractivity contribution in [3.63, 3.8) is 0 Å². The Hall–Kier alpha value is -3.99. The SMILES string of the molecule is CCNC(=O)CN1CCCN(C(=O)Cc2cccc(-c3cn(Cc4ccc(C(=O)O)o4)nn3)c2)CC1. The number of hydrogen-bond acceptors (Lipinski definition) is 7. The van der Waals surface area contributed by atoms with Crippen molar-refractivity contribution in [2.24, 2.45) is 0 Å². The van der Waals surface area contributed by atoms with E-state index in [4.69, 9.17) is 9.52 Å². The first-order valence-electron chi connectivity index (χ1n) is 12.0. The Balaban J connectivity index is 1.34. The van der Waals surface area contributed by atoms with Crippen molar-refractivity contribution in [2.45, 2.75) is 26.3 Å². The second-order valence-corrected chi connectivity index (χ2v) is 8.71. The Morgan fingerprint density at radius 1 is 1.11 bits per heavy atom. The number of carbonyl (C=O) groups excluding carboxylic acids is 2. The van der Waals surface area contributed by atoms with Crippen LogP contribution in [0.15, 0.2) is 47.0 Å². The van der Waals surface area contributed by atoms with Crippen LogP contribution in [0.5, 0.6) is 0 Å². The standard InChI is InChI=1S/C25H30N6O5/c1-2-26-23(32)17-29-9-4-10-30(12-11-29)24(33)14-18-5-3-6-19(13-18)21-16-31(28-27-21)15-20-7-8-22(36-20)25(34)35/h3,5-8,13,16H,2,4,9-12,14-15,17H2,1H3,(H,26,32)(H,34,35). The van der Waals surface area contributed by atoms with Gasteiger partial charge in [0.15, 0.2) is 0 Å². The van der Waals surface area contributed by atoms with Crippen molar-refractivity contribution >= 4 is 17.8 Å². The normalized spacial score (nSPS) is 14.4. The highest BCUT2D eigenvalue weighted by Crippen LogP contribution is 2.19. The van der Waals surface area contributed by atoms with Gasteiger partial charge in [0, 0.05) is 38.3 Å². The molecule has 3 heterocycles. The van der Waals surface area contributed by atoms with Gasteiger partial charge in [0.1, 0.15) is 18.0 Å². The van der Waals surface area contributed by atoms with Gasteiger partial charge in [-0.2, -0.15) is 0 Å². The van der Waals surface area contributed by atoms with Crippen LogP contribution in [-0.2, 0) is 22.6 Å². The monoisotopic (exact) mass is 494 g/mol. The number of aromatic carboxylic acids is 1. The molecular formula is C25H30N6O5. The number of rotatable bonds is 9. The minimum absolute atomic E-state index is 0.0141. The molecule has 0 atom stereocenters. The first-order chi connectivity index (χ1) is 17.4. The maximum absolute atomic E-state index is 13.0. The van der Waals surface area contributed by atoms with Gasteiger partial charge in [-0.25, -0.2) is 9.48 Å². The predicted molar refractivity (Wildman–Crippen MR) is 130 cm³/mol. The van der Waals surface area contributed by atoms with Crippen LogP contribution in [0.1, 0.15) is 35.2 Å². The van der Waals surface area contributed by atoms with Gasteiger partial charge in [-0.1, -0.05) is 23.4 Å². The fourth-order valence-corrected chi connectivity index (χ4v) is 4.21. The van der Waals surface area contributed by atoms with Crippen molar-refractivity contribution in [3.8, 4) is 11.3 Å². The summed E-state index contributed by atoms with van der Waals surface area (Å²) in [5.41, 5.74) is 2.36. The van der Waals surface area contributed by atoms with Gasteiger partial charge in [0.25, 0.3) is 0 Å². The summed E-state index contributed by atoms with van der Waals surface area (Å²) in [4.78, 5) is 39.8. The summed E-state index contributed by atoms with van der Waals surface area (Å²) in [5, 5.41) is 20.1. The topological polar surface area (TPSA) is 134 Å². The minimum atomic E-state index is -1.12. The second-order valence-electron chi connectivity index (χ2n) is 8.71. The van der Waals surface area contributed by atoms with Crippen molar-refractivity contribution in [1.82, 2.24) is 30.1 Å². The van der Waals surface area contributed by atoms with Crippen LogP contribution >= 0.6 is 0 Å². The molecule has 4 rings (SSSR count). The van der Waals surface area contributed by atoms with Crippen LogP contribution in [0.25, 0.3) is 11.3 Å². The molecule has 1 saturated heterocycles. The molecule has 2 amide bonds. The molecule has 0 radical (unpaired) electrons. The van der Waals surface area contributed by atoms with E-state index in [2.05, 4.69) is 20.5 Å². The summed E-state index contributed by atoms with van der Waals surface area (Å²) < 4.78 is 6.85. The van der Waals surface area contributed by atoms with E-state index in [9.17, 15) is 14.4 Å². The molecule has 3 aromatic rings. The molecule has 0 aliphatic carbocycles. The second kappa shape index (κ2) is 11.6. The van der Waals surface area contributed by atoms with Crippen LogP contribution < -0.4 is 5.32 Å². The Kier molecular flexibility index (Phi) is 8.11. The molecule has 11 heteroatoms. The molecule has 0 spiro atoms. The van der Waals surface area contributed by atoms with E-state index in [-0.39, 0.29) is 30.5 Å². The first kappa shape index (κ1) is 25.1. The zero-order valence-corrected chi connectivity index (χ0v) is 20.2. The molecule has 1 fully saturated rings. The average molecular weight is 495 g/mol. The lowest BCUT2D eigenvalue weighted by Crippen LogP contribution is -2.40. The number of furan rings is 1. The maximum Gasteiger partial charge on any atom is 0.371 e. The molecule has 1 aliphatic rings. The largest absolute Gasteiger partial charge is 0.475 e. The molecule has 0 saturated carbocycles. The Labute approximate surface area is 208 Å². The molecule has 2 aromatic heterocycles. The number of benzene rings is 1. The van der Waals surface area contributed by atoms with Crippen LogP contribution in [0.2, 0.25) is 0 Å². The van der Waals surface area contributed by atoms with Crippen LogP contribution in [0, 0.1) is 0 Å². The lowest BCUT2D eigenvalue weighted by atomic mass is 10.1. The van der Waals surface area contributed by atoms with Gasteiger partial charge < -0.3 is 19.7 Å². The number of carboxylic acid groups (broad SMARTS) is 1. The fourth-order valence-electron chi connectivity index (χ4n) is 4.21. The van der Waals surface area contributed by atoms with Crippen molar-refractivity contribution in [3.05, 3.63) is 59.7 Å². The molecule has 0 bridgehead atoms. The smallest absolute Gasteiger partial charge is 0.371 e. The highest BCUT2D eigenvalue weighted by atomic mass is 16.4. The van der Waals surface area contributed by atoms with E-state index in [1.807, 2.05) is 36.1 Å². The summed E-state index contributed by atoms with van der Waals surface area (Å²) in [6.07, 6.45) is 2.86.